The van der Waals surface area contributed by atoms with E-state index < -0.39 is 11.0 Å². The molecular formula is C30H28ClN7O2S. The Labute approximate surface area is 244 Å². The Bertz CT molecular complexity index is 1950. The Kier molecular flexibility index (Phi) is 6.53. The van der Waals surface area contributed by atoms with Crippen LogP contribution in [0.5, 0.6) is 0 Å². The molecule has 0 radical (unpaired) electrons. The van der Waals surface area contributed by atoms with Crippen LogP contribution in [0, 0.1) is 22.7 Å². The highest BCUT2D eigenvalue weighted by Crippen LogP contribution is 2.40. The van der Waals surface area contributed by atoms with Gasteiger partial charge in [0.05, 0.1) is 33.8 Å². The highest BCUT2D eigenvalue weighted by Gasteiger charge is 2.33. The first-order valence-corrected chi connectivity index (χ1v) is 15.1. The van der Waals surface area contributed by atoms with Crippen molar-refractivity contribution in [1.82, 2.24) is 29.2 Å². The van der Waals surface area contributed by atoms with Crippen molar-refractivity contribution in [2.45, 2.75) is 45.3 Å². The summed E-state index contributed by atoms with van der Waals surface area (Å²) >= 11 is 8.14. The van der Waals surface area contributed by atoms with Crippen LogP contribution in [0.4, 0.5) is 0 Å². The molecule has 5 aromatic rings. The van der Waals surface area contributed by atoms with Gasteiger partial charge in [-0.25, -0.2) is 9.48 Å². The molecule has 4 aromatic heterocycles. The van der Waals surface area contributed by atoms with E-state index in [4.69, 9.17) is 11.6 Å². The van der Waals surface area contributed by atoms with Crippen LogP contribution in [0.1, 0.15) is 30.6 Å². The monoisotopic (exact) mass is 585 g/mol. The second-order valence-corrected chi connectivity index (χ2v) is 12.8. The van der Waals surface area contributed by atoms with E-state index >= 15 is 0 Å². The maximum atomic E-state index is 13.1. The highest BCUT2D eigenvalue weighted by molar-refractivity contribution is 7.19. The minimum absolute atomic E-state index is 0.158. The summed E-state index contributed by atoms with van der Waals surface area (Å²) in [4.78, 5) is 31.2. The van der Waals surface area contributed by atoms with Gasteiger partial charge in [0.15, 0.2) is 0 Å². The molecule has 2 aliphatic rings. The van der Waals surface area contributed by atoms with Crippen molar-refractivity contribution >= 4 is 44.1 Å². The molecule has 41 heavy (non-hydrogen) atoms. The molecule has 7 rings (SSSR count). The molecule has 0 bridgehead atoms. The topological polar surface area (TPSA) is 111 Å². The standard InChI is InChI=1S/C30H28ClN7O2S/c31-21-11-20-4-10-36(18-30(17-32)5-8-33-9-6-30)27(20)24(12-21)23-3-7-34-25-13-22(41-28(23)25)16-37-26(39)14-35-38(29(37)40)15-19-1-2-19/h3-4,7,10-14,19,33H,1-2,5-6,8-9,15-16,18H2. The van der Waals surface area contributed by atoms with Gasteiger partial charge in [-0.05, 0) is 75.0 Å². The minimum atomic E-state index is -0.429. The lowest BCUT2D eigenvalue weighted by atomic mass is 9.80. The van der Waals surface area contributed by atoms with Gasteiger partial charge in [0, 0.05) is 51.9 Å². The van der Waals surface area contributed by atoms with Crippen molar-refractivity contribution in [3.63, 3.8) is 0 Å². The second-order valence-electron chi connectivity index (χ2n) is 11.2. The number of halogens is 1. The van der Waals surface area contributed by atoms with Crippen LogP contribution < -0.4 is 16.6 Å². The number of hydrogen-bond acceptors (Lipinski definition) is 7. The van der Waals surface area contributed by atoms with Gasteiger partial charge in [0.1, 0.15) is 6.20 Å². The van der Waals surface area contributed by atoms with Crippen LogP contribution in [0.15, 0.2) is 58.5 Å². The molecule has 0 unspecified atom stereocenters. The summed E-state index contributed by atoms with van der Waals surface area (Å²) in [5.74, 6) is 0.466. The number of nitrogens with one attached hydrogen (secondary N) is 1. The van der Waals surface area contributed by atoms with Crippen LogP contribution in [0.25, 0.3) is 32.2 Å². The summed E-state index contributed by atoms with van der Waals surface area (Å²) in [6.07, 6.45) is 8.84. The van der Waals surface area contributed by atoms with Crippen LogP contribution >= 0.6 is 22.9 Å². The van der Waals surface area contributed by atoms with Gasteiger partial charge in [-0.2, -0.15) is 10.4 Å². The maximum absolute atomic E-state index is 13.1. The highest BCUT2D eigenvalue weighted by atomic mass is 35.5. The Morgan fingerprint density at radius 3 is 2.76 bits per heavy atom. The Morgan fingerprint density at radius 1 is 1.15 bits per heavy atom. The van der Waals surface area contributed by atoms with Crippen LogP contribution in [-0.2, 0) is 19.6 Å². The molecule has 11 heteroatoms. The fraction of sp³-hybridized carbons (Fsp3) is 0.367. The van der Waals surface area contributed by atoms with E-state index in [9.17, 15) is 14.9 Å². The number of fused-ring (bicyclic) bond motifs is 2. The van der Waals surface area contributed by atoms with Gasteiger partial charge in [0.2, 0.25) is 0 Å². The number of aromatic nitrogens is 5. The number of nitrogens with zero attached hydrogens (tertiary/aromatic N) is 6. The fourth-order valence-corrected chi connectivity index (χ4v) is 7.26. The number of nitriles is 1. The number of thiophene rings is 1. The molecule has 0 atom stereocenters. The zero-order valence-electron chi connectivity index (χ0n) is 22.3. The third kappa shape index (κ3) is 4.88. The molecule has 1 N–H and O–H groups in total. The first-order valence-electron chi connectivity index (χ1n) is 13.9. The van der Waals surface area contributed by atoms with E-state index in [1.54, 1.807) is 6.20 Å². The summed E-state index contributed by atoms with van der Waals surface area (Å²) in [5.41, 5.74) is 2.54. The lowest BCUT2D eigenvalue weighted by molar-refractivity contribution is 0.247. The van der Waals surface area contributed by atoms with Crippen LogP contribution in [-0.4, -0.2) is 37.0 Å². The molecule has 1 aliphatic heterocycles. The predicted molar refractivity (Wildman–Crippen MR) is 160 cm³/mol. The first-order chi connectivity index (χ1) is 19.9. The summed E-state index contributed by atoms with van der Waals surface area (Å²) in [6, 6.07) is 12.5. The summed E-state index contributed by atoms with van der Waals surface area (Å²) in [7, 11) is 0. The average molecular weight is 586 g/mol. The van der Waals surface area contributed by atoms with Gasteiger partial charge in [-0.15, -0.1) is 11.3 Å². The fourth-order valence-electron chi connectivity index (χ4n) is 5.91. The quantitative estimate of drug-likeness (QED) is 0.298. The molecule has 1 saturated carbocycles. The van der Waals surface area contributed by atoms with E-state index in [2.05, 4.69) is 32.1 Å². The van der Waals surface area contributed by atoms with Crippen molar-refractivity contribution in [1.29, 1.82) is 5.26 Å². The molecule has 9 nitrogen and oxygen atoms in total. The van der Waals surface area contributed by atoms with Crippen molar-refractivity contribution in [2.75, 3.05) is 13.1 Å². The van der Waals surface area contributed by atoms with E-state index in [0.29, 0.717) is 24.0 Å². The number of benzene rings is 1. The molecule has 5 heterocycles. The number of hydrogen-bond donors (Lipinski definition) is 1. The van der Waals surface area contributed by atoms with Crippen molar-refractivity contribution in [3.05, 3.63) is 79.7 Å². The number of rotatable bonds is 7. The molecule has 2 fully saturated rings. The SMILES string of the molecule is N#CC1(Cn2ccc3cc(Cl)cc(-c4ccnc5cc(Cn6c(=O)cnn(CC7CC7)c6=O)sc45)c32)CCNCC1. The number of piperidine rings is 1. The zero-order chi connectivity index (χ0) is 28.1. The Hall–Kier alpha value is -3.78. The van der Waals surface area contributed by atoms with Gasteiger partial charge in [0.25, 0.3) is 5.56 Å². The lowest BCUT2D eigenvalue weighted by Crippen LogP contribution is -2.41. The normalized spacial score (nSPS) is 16.8. The second kappa shape index (κ2) is 10.2. The number of pyridine rings is 1. The summed E-state index contributed by atoms with van der Waals surface area (Å²) in [5, 5.41) is 19.2. The zero-order valence-corrected chi connectivity index (χ0v) is 23.9. The predicted octanol–water partition coefficient (Wildman–Crippen LogP) is 4.64. The summed E-state index contributed by atoms with van der Waals surface area (Å²) in [6.45, 7) is 2.98. The van der Waals surface area contributed by atoms with Crippen LogP contribution in [0.3, 0.4) is 0 Å². The molecule has 1 aromatic carbocycles. The Morgan fingerprint density at radius 2 is 1.98 bits per heavy atom. The van der Waals surface area contributed by atoms with E-state index in [0.717, 1.165) is 75.9 Å². The van der Waals surface area contributed by atoms with Gasteiger partial charge in [-0.1, -0.05) is 11.6 Å². The molecule has 1 aliphatic carbocycles. The van der Waals surface area contributed by atoms with Crippen molar-refractivity contribution in [2.24, 2.45) is 11.3 Å². The van der Waals surface area contributed by atoms with Gasteiger partial charge >= 0.3 is 5.69 Å². The summed E-state index contributed by atoms with van der Waals surface area (Å²) < 4.78 is 5.80. The minimum Gasteiger partial charge on any atom is -0.345 e. The third-order valence-electron chi connectivity index (χ3n) is 8.32. The molecular weight excluding hydrogens is 558 g/mol. The van der Waals surface area contributed by atoms with E-state index in [-0.39, 0.29) is 12.2 Å². The van der Waals surface area contributed by atoms with Crippen molar-refractivity contribution in [3.8, 4) is 17.2 Å². The Balaban J connectivity index is 1.31. The third-order valence-corrected chi connectivity index (χ3v) is 9.68. The smallest absolute Gasteiger partial charge is 0.345 e. The largest absolute Gasteiger partial charge is 0.347 e. The molecule has 1 saturated heterocycles. The van der Waals surface area contributed by atoms with Gasteiger partial charge < -0.3 is 9.88 Å². The van der Waals surface area contributed by atoms with Crippen LogP contribution in [0.2, 0.25) is 5.02 Å². The lowest BCUT2D eigenvalue weighted by Gasteiger charge is -2.32. The average Bonchev–Trinajstić information content (AvgIpc) is 3.56. The van der Waals surface area contributed by atoms with Crippen molar-refractivity contribution < 1.29 is 0 Å². The van der Waals surface area contributed by atoms with E-state index in [1.165, 1.54) is 26.8 Å². The maximum Gasteiger partial charge on any atom is 0.347 e. The first kappa shape index (κ1) is 26.1. The van der Waals surface area contributed by atoms with Gasteiger partial charge in [-0.3, -0.25) is 14.3 Å². The molecule has 0 spiro atoms. The molecule has 208 valence electrons. The van der Waals surface area contributed by atoms with E-state index in [1.807, 2.05) is 30.5 Å². The molecule has 0 amide bonds.